The van der Waals surface area contributed by atoms with E-state index in [-0.39, 0.29) is 26.1 Å². The Hall–Kier alpha value is -2.63. The predicted molar refractivity (Wildman–Crippen MR) is 135 cm³/mol. The van der Waals surface area contributed by atoms with E-state index in [0.717, 1.165) is 25.2 Å². The number of Topliss-reactive ketones (excluding diaryl/α,β-unsaturated/α-hetero) is 2. The first-order chi connectivity index (χ1) is 15.5. The van der Waals surface area contributed by atoms with Crippen molar-refractivity contribution >= 4 is 25.1 Å². The minimum Gasteiger partial charge on any atom is -0.480 e. The summed E-state index contributed by atoms with van der Waals surface area (Å²) in [4.78, 5) is 38.7. The highest BCUT2D eigenvalue weighted by Crippen LogP contribution is 2.52. The number of carbonyl (C=O) groups is 3. The zero-order chi connectivity index (χ0) is 24.3. The number of aliphatic carboxylic acids is 1. The molecule has 10 heteroatoms. The van der Waals surface area contributed by atoms with Gasteiger partial charge in [-0.2, -0.15) is 0 Å². The molecule has 4 aliphatic rings. The molecule has 0 aliphatic heterocycles. The van der Waals surface area contributed by atoms with Gasteiger partial charge in [0.05, 0.1) is 0 Å². The number of nitrogens with zero attached hydrogens (tertiary/aromatic N) is 3. The number of benzene rings is 1. The average Bonchev–Trinajstić information content (AvgIpc) is 3.48. The number of azide groups is 1. The summed E-state index contributed by atoms with van der Waals surface area (Å²) in [7, 11) is -3.21. The Labute approximate surface area is 207 Å². The molecule has 0 heterocycles. The largest absolute Gasteiger partial charge is 0.480 e. The lowest BCUT2D eigenvalue weighted by molar-refractivity contribution is -0.153. The molecule has 4 saturated carbocycles. The molecule has 5 rings (SSSR count). The van der Waals surface area contributed by atoms with Crippen LogP contribution in [0.4, 0.5) is 0 Å². The number of rotatable bonds is 4. The number of para-hydroxylation sites is 1. The van der Waals surface area contributed by atoms with Gasteiger partial charge in [-0.1, -0.05) is 40.0 Å². The van der Waals surface area contributed by atoms with Gasteiger partial charge in [-0.05, 0) is 68.0 Å². The van der Waals surface area contributed by atoms with Gasteiger partial charge in [0, 0.05) is 34.7 Å². The van der Waals surface area contributed by atoms with Crippen LogP contribution in [0.3, 0.4) is 0 Å². The van der Waals surface area contributed by atoms with Gasteiger partial charge in [0.25, 0.3) is 0 Å². The highest BCUT2D eigenvalue weighted by molar-refractivity contribution is 7.56. The Bertz CT molecular complexity index is 1030. The fraction of sp³-hybridized carbons (Fsp3) is 0.640. The maximum absolute atomic E-state index is 11.3. The number of carboxylic acid groups (broad SMARTS) is 1. The van der Waals surface area contributed by atoms with Crippen molar-refractivity contribution in [3.8, 4) is 5.75 Å². The van der Waals surface area contributed by atoms with Crippen molar-refractivity contribution in [3.05, 3.63) is 40.8 Å². The lowest BCUT2D eigenvalue weighted by atomic mass is 9.83. The van der Waals surface area contributed by atoms with E-state index in [1.54, 1.807) is 30.3 Å². The van der Waals surface area contributed by atoms with Crippen molar-refractivity contribution in [2.75, 3.05) is 6.66 Å². The fourth-order valence-electron chi connectivity index (χ4n) is 5.41. The molecule has 0 saturated heterocycles. The van der Waals surface area contributed by atoms with Crippen molar-refractivity contribution in [3.63, 3.8) is 0 Å². The van der Waals surface area contributed by atoms with Gasteiger partial charge in [-0.25, -0.2) is 0 Å². The molecule has 0 radical (unpaired) electrons. The maximum atomic E-state index is 11.3. The van der Waals surface area contributed by atoms with Crippen LogP contribution in [0.5, 0.6) is 5.75 Å². The SMILES string of the molecule is C.C.CC12CCC(CC1=O)C2.CP(=O)(N=[N+]=[N-])Oc1ccccc1.O=C(O)C12CCC(CC1=O)C2. The smallest absolute Gasteiger partial charge is 0.332 e. The average molecular weight is 508 g/mol. The normalized spacial score (nSPS) is 30.7. The van der Waals surface area contributed by atoms with Crippen LogP contribution in [0.25, 0.3) is 10.4 Å². The van der Waals surface area contributed by atoms with E-state index >= 15 is 0 Å². The molecule has 9 nitrogen and oxygen atoms in total. The molecule has 4 bridgehead atoms. The predicted octanol–water partition coefficient (Wildman–Crippen LogP) is 7.07. The summed E-state index contributed by atoms with van der Waals surface area (Å²) in [6.07, 6.45) is 7.15. The van der Waals surface area contributed by atoms with Gasteiger partial charge >= 0.3 is 13.5 Å². The van der Waals surface area contributed by atoms with Gasteiger partial charge in [-0.15, -0.1) is 0 Å². The Morgan fingerprint density at radius 3 is 2.00 bits per heavy atom. The standard InChI is InChI=1S/C8H10O3.C8H12O.C7H8N3O2P.2CH4/c9-6-3-5-1-2-8(6,4-5)7(10)11;1-8-3-2-6(5-8)4-7(8)9;1-13(11,10-9-8)12-7-5-3-2-4-6-7;;/h5H,1-4H2,(H,10,11);6H,2-5H2,1H3;2-6H,1H3;2*1H4. The Morgan fingerprint density at radius 2 is 1.66 bits per heavy atom. The van der Waals surface area contributed by atoms with Crippen LogP contribution < -0.4 is 4.52 Å². The monoisotopic (exact) mass is 507 g/mol. The zero-order valence-corrected chi connectivity index (χ0v) is 19.9. The third-order valence-electron chi connectivity index (χ3n) is 7.24. The van der Waals surface area contributed by atoms with Crippen LogP contribution in [-0.2, 0) is 18.9 Å². The van der Waals surface area contributed by atoms with E-state index in [4.69, 9.17) is 15.2 Å². The molecular weight excluding hydrogens is 469 g/mol. The third-order valence-corrected chi connectivity index (χ3v) is 8.20. The second-order valence-electron chi connectivity index (χ2n) is 9.81. The van der Waals surface area contributed by atoms with Crippen LogP contribution in [0, 0.1) is 22.7 Å². The van der Waals surface area contributed by atoms with Gasteiger partial charge in [-0.3, -0.25) is 18.9 Å². The summed E-state index contributed by atoms with van der Waals surface area (Å²) >= 11 is 0. The van der Waals surface area contributed by atoms with Crippen molar-refractivity contribution in [1.82, 2.24) is 0 Å². The topological polar surface area (TPSA) is 146 Å². The number of fused-ring (bicyclic) bond motifs is 4. The summed E-state index contributed by atoms with van der Waals surface area (Å²) in [6, 6.07) is 8.57. The number of ketones is 2. The van der Waals surface area contributed by atoms with Gasteiger partial charge in [0.2, 0.25) is 0 Å². The minimum absolute atomic E-state index is 0. The molecule has 4 fully saturated rings. The van der Waals surface area contributed by atoms with E-state index in [9.17, 15) is 18.9 Å². The summed E-state index contributed by atoms with van der Waals surface area (Å²) < 4.78 is 16.3. The minimum atomic E-state index is -3.21. The van der Waals surface area contributed by atoms with Crippen molar-refractivity contribution in [2.45, 2.75) is 73.1 Å². The molecular formula is C25H38N3O6P. The van der Waals surface area contributed by atoms with Crippen LogP contribution in [0.15, 0.2) is 35.2 Å². The van der Waals surface area contributed by atoms with Gasteiger partial charge in [0.1, 0.15) is 22.7 Å². The summed E-state index contributed by atoms with van der Waals surface area (Å²) in [6.45, 7) is 3.39. The summed E-state index contributed by atoms with van der Waals surface area (Å²) in [5, 5.41) is 8.84. The molecule has 0 aromatic heterocycles. The van der Waals surface area contributed by atoms with Crippen molar-refractivity contribution in [2.24, 2.45) is 27.6 Å². The maximum Gasteiger partial charge on any atom is 0.332 e. The molecule has 194 valence electrons. The Morgan fingerprint density at radius 1 is 1.09 bits per heavy atom. The molecule has 35 heavy (non-hydrogen) atoms. The zero-order valence-electron chi connectivity index (χ0n) is 19.0. The highest BCUT2D eigenvalue weighted by Gasteiger charge is 2.56. The molecule has 4 aliphatic carbocycles. The van der Waals surface area contributed by atoms with E-state index < -0.39 is 18.9 Å². The molecule has 1 N–H and O–H groups in total. The Balaban J connectivity index is 0.000000258. The first-order valence-electron chi connectivity index (χ1n) is 11.2. The first-order valence-corrected chi connectivity index (χ1v) is 13.2. The van der Waals surface area contributed by atoms with Crippen LogP contribution >= 0.6 is 7.52 Å². The van der Waals surface area contributed by atoms with Crippen molar-refractivity contribution < 1.29 is 28.6 Å². The first kappa shape index (κ1) is 30.4. The molecule has 5 atom stereocenters. The summed E-state index contributed by atoms with van der Waals surface area (Å²) in [5.41, 5.74) is 7.26. The number of carboxylic acids is 1. The molecule has 5 unspecified atom stereocenters. The van der Waals surface area contributed by atoms with Crippen LogP contribution in [-0.4, -0.2) is 29.3 Å². The van der Waals surface area contributed by atoms with E-state index in [1.165, 1.54) is 19.5 Å². The second kappa shape index (κ2) is 11.9. The van der Waals surface area contributed by atoms with Crippen LogP contribution in [0.1, 0.15) is 73.1 Å². The van der Waals surface area contributed by atoms with Gasteiger partial charge < -0.3 is 9.63 Å². The molecule has 0 amide bonds. The quantitative estimate of drug-likeness (QED) is 0.152. The fourth-order valence-corrected chi connectivity index (χ4v) is 6.11. The van der Waals surface area contributed by atoms with E-state index in [1.807, 2.05) is 0 Å². The lowest BCUT2D eigenvalue weighted by Gasteiger charge is -2.18. The van der Waals surface area contributed by atoms with E-state index in [0.29, 0.717) is 36.7 Å². The lowest BCUT2D eigenvalue weighted by Crippen LogP contribution is -2.34. The molecule has 1 aromatic rings. The number of hydrogen-bond acceptors (Lipinski definition) is 5. The summed E-state index contributed by atoms with van der Waals surface area (Å²) in [5.74, 6) is 1.16. The van der Waals surface area contributed by atoms with Crippen LogP contribution in [0.2, 0.25) is 0 Å². The van der Waals surface area contributed by atoms with Gasteiger partial charge in [0.15, 0.2) is 0 Å². The van der Waals surface area contributed by atoms with E-state index in [2.05, 4.69) is 16.7 Å². The number of hydrogen-bond donors (Lipinski definition) is 1. The van der Waals surface area contributed by atoms with Crippen molar-refractivity contribution in [1.29, 1.82) is 0 Å². The Kier molecular flexibility index (Phi) is 10.3. The highest BCUT2D eigenvalue weighted by atomic mass is 31.2. The third kappa shape index (κ3) is 6.96. The molecule has 1 aromatic carbocycles. The molecule has 0 spiro atoms. The second-order valence-corrected chi connectivity index (χ2v) is 11.8. The number of carbonyl (C=O) groups excluding carboxylic acids is 2.